The van der Waals surface area contributed by atoms with Crippen LogP contribution >= 0.6 is 0 Å². The van der Waals surface area contributed by atoms with Gasteiger partial charge in [0, 0.05) is 36.9 Å². The lowest BCUT2D eigenvalue weighted by molar-refractivity contribution is -0.137. The molecule has 0 radical (unpaired) electrons. The van der Waals surface area contributed by atoms with Gasteiger partial charge in [0.2, 0.25) is 17.8 Å². The Morgan fingerprint density at radius 1 is 0.882 bits per heavy atom. The lowest BCUT2D eigenvalue weighted by Gasteiger charge is -2.20. The molecule has 0 bridgehead atoms. The average Bonchev–Trinajstić information content (AvgIpc) is 2.83. The van der Waals surface area contributed by atoms with Crippen molar-refractivity contribution in [3.8, 4) is 0 Å². The van der Waals surface area contributed by atoms with Crippen LogP contribution in [0.2, 0.25) is 0 Å². The molecule has 34 heavy (non-hydrogen) atoms. The van der Waals surface area contributed by atoms with E-state index in [-0.39, 0.29) is 12.5 Å². The number of hydrogen-bond donors (Lipinski definition) is 2. The van der Waals surface area contributed by atoms with E-state index in [1.54, 1.807) is 12.3 Å². The van der Waals surface area contributed by atoms with Crippen LogP contribution in [0.4, 0.5) is 36.7 Å². The van der Waals surface area contributed by atoms with Gasteiger partial charge in [-0.3, -0.25) is 4.98 Å². The largest absolute Gasteiger partial charge is 0.416 e. The third kappa shape index (κ3) is 5.51. The van der Waals surface area contributed by atoms with Gasteiger partial charge in [-0.1, -0.05) is 18.2 Å². The fourth-order valence-electron chi connectivity index (χ4n) is 3.47. The molecule has 176 valence electrons. The fourth-order valence-corrected chi connectivity index (χ4v) is 3.47. The molecule has 0 saturated heterocycles. The van der Waals surface area contributed by atoms with Crippen LogP contribution in [0, 0.1) is 0 Å². The molecule has 7 nitrogen and oxygen atoms in total. The van der Waals surface area contributed by atoms with Crippen LogP contribution in [0.15, 0.2) is 60.8 Å². The number of nitrogens with one attached hydrogen (secondary N) is 2. The van der Waals surface area contributed by atoms with Crippen LogP contribution in [-0.2, 0) is 12.7 Å². The van der Waals surface area contributed by atoms with Crippen molar-refractivity contribution in [3.63, 3.8) is 0 Å². The Morgan fingerprint density at radius 3 is 2.44 bits per heavy atom. The summed E-state index contributed by atoms with van der Waals surface area (Å²) in [4.78, 5) is 19.7. The minimum absolute atomic E-state index is 0.132. The summed E-state index contributed by atoms with van der Waals surface area (Å²) in [5, 5.41) is 7.20. The maximum absolute atomic E-state index is 13.0. The normalized spacial score (nSPS) is 11.4. The van der Waals surface area contributed by atoms with E-state index in [1.165, 1.54) is 6.07 Å². The second-order valence-corrected chi connectivity index (χ2v) is 7.54. The molecule has 0 atom stereocenters. The summed E-state index contributed by atoms with van der Waals surface area (Å²) < 4.78 is 39.1. The molecule has 2 aromatic carbocycles. The van der Waals surface area contributed by atoms with Crippen LogP contribution in [-0.4, -0.2) is 33.0 Å². The lowest BCUT2D eigenvalue weighted by atomic mass is 10.1. The average molecular weight is 467 g/mol. The van der Waals surface area contributed by atoms with Crippen LogP contribution < -0.4 is 15.5 Å². The van der Waals surface area contributed by atoms with Gasteiger partial charge in [-0.2, -0.15) is 28.1 Å². The Bertz CT molecular complexity index is 1270. The van der Waals surface area contributed by atoms with Crippen LogP contribution in [0.3, 0.4) is 0 Å². The van der Waals surface area contributed by atoms with Gasteiger partial charge in [0.1, 0.15) is 0 Å². The first-order chi connectivity index (χ1) is 16.4. The van der Waals surface area contributed by atoms with E-state index < -0.39 is 11.7 Å². The first-order valence-electron chi connectivity index (χ1n) is 10.9. The predicted octanol–water partition coefficient (Wildman–Crippen LogP) is 5.64. The first-order valence-corrected chi connectivity index (χ1v) is 10.9. The number of halogens is 3. The highest BCUT2D eigenvalue weighted by Gasteiger charge is 2.30. The summed E-state index contributed by atoms with van der Waals surface area (Å²) in [6.07, 6.45) is -2.66. The SMILES string of the molecule is CCN(CC)c1nc(NCc2cccc(C(F)(F)F)c2)nc(Nc2ccc3ncccc3c2)n1. The minimum atomic E-state index is -4.40. The number of alkyl halides is 3. The highest BCUT2D eigenvalue weighted by Crippen LogP contribution is 2.29. The molecule has 2 aromatic heterocycles. The quantitative estimate of drug-likeness (QED) is 0.347. The van der Waals surface area contributed by atoms with Crippen molar-refractivity contribution in [2.75, 3.05) is 28.6 Å². The second-order valence-electron chi connectivity index (χ2n) is 7.54. The highest BCUT2D eigenvalue weighted by atomic mass is 19.4. The number of nitrogens with zero attached hydrogens (tertiary/aromatic N) is 5. The molecule has 0 unspecified atom stereocenters. The van der Waals surface area contributed by atoms with Gasteiger partial charge in [0.25, 0.3) is 0 Å². The van der Waals surface area contributed by atoms with Gasteiger partial charge in [-0.05, 0) is 55.8 Å². The van der Waals surface area contributed by atoms with Crippen molar-refractivity contribution in [1.29, 1.82) is 0 Å². The van der Waals surface area contributed by atoms with E-state index in [1.807, 2.05) is 49.1 Å². The Morgan fingerprint density at radius 2 is 1.68 bits per heavy atom. The van der Waals surface area contributed by atoms with Gasteiger partial charge in [0.05, 0.1) is 11.1 Å². The van der Waals surface area contributed by atoms with Gasteiger partial charge in [-0.25, -0.2) is 0 Å². The number of benzene rings is 2. The summed E-state index contributed by atoms with van der Waals surface area (Å²) in [5.41, 5.74) is 1.42. The highest BCUT2D eigenvalue weighted by molar-refractivity contribution is 5.82. The smallest absolute Gasteiger partial charge is 0.350 e. The molecule has 2 heterocycles. The molecule has 4 aromatic rings. The predicted molar refractivity (Wildman–Crippen MR) is 127 cm³/mol. The molecule has 0 aliphatic rings. The summed E-state index contributed by atoms with van der Waals surface area (Å²) >= 11 is 0. The van der Waals surface area contributed by atoms with Crippen molar-refractivity contribution >= 4 is 34.4 Å². The zero-order valence-corrected chi connectivity index (χ0v) is 18.8. The zero-order valence-electron chi connectivity index (χ0n) is 18.8. The Hall–Kier alpha value is -3.95. The standard InChI is InChI=1S/C24H24F3N7/c1-3-34(4-2)23-32-21(29-15-16-7-5-9-18(13-16)24(25,26)27)31-22(33-23)30-19-10-11-20-17(14-19)8-6-12-28-20/h5-14H,3-4,15H2,1-2H3,(H2,29,30,31,32,33). The van der Waals surface area contributed by atoms with Gasteiger partial charge in [0.15, 0.2) is 0 Å². The number of rotatable bonds is 8. The third-order valence-corrected chi connectivity index (χ3v) is 5.23. The van der Waals surface area contributed by atoms with Crippen molar-refractivity contribution < 1.29 is 13.2 Å². The van der Waals surface area contributed by atoms with Gasteiger partial charge in [-0.15, -0.1) is 0 Å². The molecular weight excluding hydrogens is 443 g/mol. The first kappa shape index (κ1) is 23.2. The van der Waals surface area contributed by atoms with E-state index in [0.29, 0.717) is 30.5 Å². The van der Waals surface area contributed by atoms with Crippen LogP contribution in [0.5, 0.6) is 0 Å². The molecule has 0 spiro atoms. The molecular formula is C24H24F3N7. The summed E-state index contributed by atoms with van der Waals surface area (Å²) in [7, 11) is 0. The number of fused-ring (bicyclic) bond motifs is 1. The van der Waals surface area contributed by atoms with Crippen molar-refractivity contribution in [2.24, 2.45) is 0 Å². The maximum atomic E-state index is 13.0. The molecule has 0 aliphatic carbocycles. The minimum Gasteiger partial charge on any atom is -0.350 e. The maximum Gasteiger partial charge on any atom is 0.416 e. The molecule has 0 aliphatic heterocycles. The van der Waals surface area contributed by atoms with Crippen molar-refractivity contribution in [2.45, 2.75) is 26.6 Å². The molecule has 4 rings (SSSR count). The van der Waals surface area contributed by atoms with Gasteiger partial charge < -0.3 is 15.5 Å². The van der Waals surface area contributed by atoms with E-state index in [9.17, 15) is 13.2 Å². The Labute approximate surface area is 195 Å². The molecule has 2 N–H and O–H groups in total. The van der Waals surface area contributed by atoms with Crippen LogP contribution in [0.25, 0.3) is 10.9 Å². The topological polar surface area (TPSA) is 78.9 Å². The van der Waals surface area contributed by atoms with Gasteiger partial charge >= 0.3 is 6.18 Å². The van der Waals surface area contributed by atoms with E-state index in [4.69, 9.17) is 0 Å². The number of hydrogen-bond acceptors (Lipinski definition) is 7. The van der Waals surface area contributed by atoms with E-state index in [0.717, 1.165) is 28.7 Å². The summed E-state index contributed by atoms with van der Waals surface area (Å²) in [6.45, 7) is 5.49. The number of aromatic nitrogens is 4. The monoisotopic (exact) mass is 467 g/mol. The van der Waals surface area contributed by atoms with Crippen molar-refractivity contribution in [3.05, 3.63) is 71.9 Å². The van der Waals surface area contributed by atoms with Crippen LogP contribution in [0.1, 0.15) is 25.0 Å². The molecule has 0 saturated carbocycles. The molecule has 10 heteroatoms. The van der Waals surface area contributed by atoms with E-state index in [2.05, 4.69) is 30.6 Å². The number of anilines is 4. The fraction of sp³-hybridized carbons (Fsp3) is 0.250. The summed E-state index contributed by atoms with van der Waals surface area (Å²) in [6, 6.07) is 14.7. The molecule has 0 amide bonds. The third-order valence-electron chi connectivity index (χ3n) is 5.23. The Balaban J connectivity index is 1.60. The van der Waals surface area contributed by atoms with Crippen molar-refractivity contribution in [1.82, 2.24) is 19.9 Å². The summed E-state index contributed by atoms with van der Waals surface area (Å²) in [5.74, 6) is 1.06. The Kier molecular flexibility index (Phi) is 6.76. The van der Waals surface area contributed by atoms with E-state index >= 15 is 0 Å². The zero-order chi connectivity index (χ0) is 24.1. The lowest BCUT2D eigenvalue weighted by Crippen LogP contribution is -2.25. The second kappa shape index (κ2) is 9.90. The number of pyridine rings is 1. The molecule has 0 fully saturated rings.